The minimum atomic E-state index is 0.817. The molecule has 0 atom stereocenters. The summed E-state index contributed by atoms with van der Waals surface area (Å²) in [5.41, 5.74) is 1.31. The summed E-state index contributed by atoms with van der Waals surface area (Å²) in [6.07, 6.45) is 6.83. The zero-order valence-electron chi connectivity index (χ0n) is 12.6. The molecule has 20 heavy (non-hydrogen) atoms. The number of rotatable bonds is 3. The zero-order chi connectivity index (χ0) is 13.8. The Labute approximate surface area is 122 Å². The van der Waals surface area contributed by atoms with Crippen LogP contribution in [0.15, 0.2) is 24.3 Å². The third-order valence-electron chi connectivity index (χ3n) is 4.79. The predicted octanol–water partition coefficient (Wildman–Crippen LogP) is 3.15. The van der Waals surface area contributed by atoms with Crippen LogP contribution in [0.2, 0.25) is 0 Å². The molecule has 0 aliphatic carbocycles. The van der Waals surface area contributed by atoms with E-state index in [1.807, 2.05) is 6.07 Å². The molecule has 1 aromatic carbocycles. The lowest BCUT2D eigenvalue weighted by atomic mass is 9.99. The minimum absolute atomic E-state index is 0.817. The lowest BCUT2D eigenvalue weighted by Gasteiger charge is -2.41. The third-order valence-corrected chi connectivity index (χ3v) is 4.79. The molecule has 0 radical (unpaired) electrons. The molecular formula is C17H26N2O. The van der Waals surface area contributed by atoms with E-state index in [1.165, 1.54) is 64.0 Å². The number of methoxy groups -OCH3 is 1. The van der Waals surface area contributed by atoms with Gasteiger partial charge in [0, 0.05) is 30.9 Å². The summed E-state index contributed by atoms with van der Waals surface area (Å²) >= 11 is 0. The molecule has 0 aromatic heterocycles. The Hall–Kier alpha value is -1.22. The first kappa shape index (κ1) is 13.7. The van der Waals surface area contributed by atoms with Crippen molar-refractivity contribution in [2.45, 2.75) is 38.1 Å². The van der Waals surface area contributed by atoms with Crippen molar-refractivity contribution in [1.29, 1.82) is 0 Å². The van der Waals surface area contributed by atoms with Gasteiger partial charge < -0.3 is 14.5 Å². The average molecular weight is 274 g/mol. The number of piperidine rings is 2. The minimum Gasteiger partial charge on any atom is -0.497 e. The van der Waals surface area contributed by atoms with E-state index in [2.05, 4.69) is 28.0 Å². The van der Waals surface area contributed by atoms with Crippen molar-refractivity contribution < 1.29 is 4.74 Å². The van der Waals surface area contributed by atoms with Gasteiger partial charge in [-0.25, -0.2) is 0 Å². The number of benzene rings is 1. The third kappa shape index (κ3) is 3.09. The second-order valence-corrected chi connectivity index (χ2v) is 6.02. The van der Waals surface area contributed by atoms with Crippen LogP contribution in [0.25, 0.3) is 0 Å². The normalized spacial score (nSPS) is 21.9. The van der Waals surface area contributed by atoms with E-state index >= 15 is 0 Å². The highest BCUT2D eigenvalue weighted by atomic mass is 16.5. The standard InChI is InChI=1S/C17H26N2O/c1-20-17-7-5-6-16(14-17)19-12-8-15(9-13-19)18-10-3-2-4-11-18/h5-7,14-15H,2-4,8-13H2,1H3. The van der Waals surface area contributed by atoms with Crippen LogP contribution in [-0.2, 0) is 0 Å². The van der Waals surface area contributed by atoms with Crippen LogP contribution in [0.5, 0.6) is 5.75 Å². The summed E-state index contributed by atoms with van der Waals surface area (Å²) in [7, 11) is 1.74. The topological polar surface area (TPSA) is 15.7 Å². The van der Waals surface area contributed by atoms with Gasteiger partial charge in [-0.15, -0.1) is 0 Å². The Morgan fingerprint density at radius 3 is 2.45 bits per heavy atom. The van der Waals surface area contributed by atoms with E-state index in [9.17, 15) is 0 Å². The van der Waals surface area contributed by atoms with Crippen molar-refractivity contribution in [1.82, 2.24) is 4.90 Å². The summed E-state index contributed by atoms with van der Waals surface area (Å²) in [6, 6.07) is 9.27. The first-order valence-corrected chi connectivity index (χ1v) is 8.00. The molecule has 2 aliphatic heterocycles. The quantitative estimate of drug-likeness (QED) is 0.842. The second-order valence-electron chi connectivity index (χ2n) is 6.02. The molecule has 1 aromatic rings. The van der Waals surface area contributed by atoms with E-state index in [-0.39, 0.29) is 0 Å². The smallest absolute Gasteiger partial charge is 0.120 e. The Kier molecular flexibility index (Phi) is 4.46. The van der Waals surface area contributed by atoms with Crippen LogP contribution < -0.4 is 9.64 Å². The molecule has 2 heterocycles. The van der Waals surface area contributed by atoms with Crippen molar-refractivity contribution in [2.24, 2.45) is 0 Å². The van der Waals surface area contributed by atoms with E-state index in [1.54, 1.807) is 7.11 Å². The SMILES string of the molecule is COc1cccc(N2CCC(N3CCCCC3)CC2)c1. The van der Waals surface area contributed by atoms with Crippen LogP contribution in [0.4, 0.5) is 5.69 Å². The first-order chi connectivity index (χ1) is 9.86. The maximum absolute atomic E-state index is 5.33. The van der Waals surface area contributed by atoms with Gasteiger partial charge in [0.2, 0.25) is 0 Å². The number of anilines is 1. The molecule has 3 heteroatoms. The van der Waals surface area contributed by atoms with Gasteiger partial charge in [-0.1, -0.05) is 12.5 Å². The zero-order valence-corrected chi connectivity index (χ0v) is 12.6. The molecule has 0 amide bonds. The molecule has 2 saturated heterocycles. The fourth-order valence-corrected chi connectivity index (χ4v) is 3.58. The largest absolute Gasteiger partial charge is 0.497 e. The molecule has 0 spiro atoms. The molecule has 2 aliphatic rings. The maximum Gasteiger partial charge on any atom is 0.120 e. The van der Waals surface area contributed by atoms with Crippen LogP contribution in [0, 0.1) is 0 Å². The average Bonchev–Trinajstić information content (AvgIpc) is 2.56. The van der Waals surface area contributed by atoms with Crippen molar-refractivity contribution >= 4 is 5.69 Å². The van der Waals surface area contributed by atoms with Crippen LogP contribution in [0.1, 0.15) is 32.1 Å². The monoisotopic (exact) mass is 274 g/mol. The Bertz CT molecular complexity index is 421. The highest BCUT2D eigenvalue weighted by molar-refractivity contribution is 5.51. The highest BCUT2D eigenvalue weighted by Crippen LogP contribution is 2.26. The molecule has 3 nitrogen and oxygen atoms in total. The summed E-state index contributed by atoms with van der Waals surface area (Å²) in [6.45, 7) is 5.00. The molecule has 110 valence electrons. The van der Waals surface area contributed by atoms with Gasteiger partial charge in [0.05, 0.1) is 7.11 Å². The van der Waals surface area contributed by atoms with Crippen LogP contribution in [0.3, 0.4) is 0 Å². The second kappa shape index (κ2) is 6.49. The predicted molar refractivity (Wildman–Crippen MR) is 83.7 cm³/mol. The summed E-state index contributed by atoms with van der Waals surface area (Å²) in [5.74, 6) is 0.959. The van der Waals surface area contributed by atoms with E-state index in [0.717, 1.165) is 11.8 Å². The van der Waals surface area contributed by atoms with Gasteiger partial charge in [-0.2, -0.15) is 0 Å². The molecule has 0 saturated carbocycles. The summed E-state index contributed by atoms with van der Waals surface area (Å²) in [4.78, 5) is 5.23. The van der Waals surface area contributed by atoms with Gasteiger partial charge in [-0.05, 0) is 50.9 Å². The van der Waals surface area contributed by atoms with Crippen molar-refractivity contribution in [2.75, 3.05) is 38.2 Å². The Morgan fingerprint density at radius 1 is 1.00 bits per heavy atom. The molecular weight excluding hydrogens is 248 g/mol. The van der Waals surface area contributed by atoms with Crippen molar-refractivity contribution in [3.8, 4) is 5.75 Å². The van der Waals surface area contributed by atoms with Gasteiger partial charge in [0.15, 0.2) is 0 Å². The van der Waals surface area contributed by atoms with Crippen molar-refractivity contribution in [3.05, 3.63) is 24.3 Å². The van der Waals surface area contributed by atoms with Gasteiger partial charge >= 0.3 is 0 Å². The van der Waals surface area contributed by atoms with Crippen LogP contribution in [-0.4, -0.2) is 44.2 Å². The fraction of sp³-hybridized carbons (Fsp3) is 0.647. The summed E-state index contributed by atoms with van der Waals surface area (Å²) < 4.78 is 5.33. The number of ether oxygens (including phenoxy) is 1. The Balaban J connectivity index is 1.57. The molecule has 0 unspecified atom stereocenters. The van der Waals surface area contributed by atoms with Crippen LogP contribution >= 0.6 is 0 Å². The van der Waals surface area contributed by atoms with Crippen molar-refractivity contribution in [3.63, 3.8) is 0 Å². The number of likely N-dealkylation sites (tertiary alicyclic amines) is 1. The van der Waals surface area contributed by atoms with Gasteiger partial charge in [0.1, 0.15) is 5.75 Å². The summed E-state index contributed by atoms with van der Waals surface area (Å²) in [5, 5.41) is 0. The lowest BCUT2D eigenvalue weighted by Crippen LogP contribution is -2.46. The number of nitrogens with zero attached hydrogens (tertiary/aromatic N) is 2. The fourth-order valence-electron chi connectivity index (χ4n) is 3.58. The van der Waals surface area contributed by atoms with Gasteiger partial charge in [0.25, 0.3) is 0 Å². The number of hydrogen-bond acceptors (Lipinski definition) is 3. The maximum atomic E-state index is 5.33. The molecule has 0 N–H and O–H groups in total. The molecule has 3 rings (SSSR count). The van der Waals surface area contributed by atoms with E-state index < -0.39 is 0 Å². The van der Waals surface area contributed by atoms with E-state index in [4.69, 9.17) is 4.74 Å². The first-order valence-electron chi connectivity index (χ1n) is 8.00. The van der Waals surface area contributed by atoms with Gasteiger partial charge in [-0.3, -0.25) is 0 Å². The lowest BCUT2D eigenvalue weighted by molar-refractivity contribution is 0.141. The van der Waals surface area contributed by atoms with E-state index in [0.29, 0.717) is 0 Å². The Morgan fingerprint density at radius 2 is 1.75 bits per heavy atom. The molecule has 2 fully saturated rings. The molecule has 0 bridgehead atoms. The highest BCUT2D eigenvalue weighted by Gasteiger charge is 2.25. The number of hydrogen-bond donors (Lipinski definition) is 0.